The first-order valence-corrected chi connectivity index (χ1v) is 7.69. The highest BCUT2D eigenvalue weighted by Crippen LogP contribution is 2.25. The molecule has 5 nitrogen and oxygen atoms in total. The van der Waals surface area contributed by atoms with Gasteiger partial charge in [0.1, 0.15) is 18.1 Å². The summed E-state index contributed by atoms with van der Waals surface area (Å²) in [6.07, 6.45) is 3.21. The Bertz CT molecular complexity index is 802. The number of nitrogens with one attached hydrogen (secondary N) is 1. The number of carbonyl (C=O) groups is 1. The molecule has 3 aromatic rings. The molecule has 2 aromatic heterocycles. The van der Waals surface area contributed by atoms with Crippen molar-refractivity contribution in [3.63, 3.8) is 0 Å². The van der Waals surface area contributed by atoms with Gasteiger partial charge in [0.15, 0.2) is 5.76 Å². The fraction of sp³-hybridized carbons (Fsp3) is 0.0588. The Morgan fingerprint density at radius 2 is 1.91 bits per heavy atom. The van der Waals surface area contributed by atoms with Crippen LogP contribution in [0, 0.1) is 0 Å². The van der Waals surface area contributed by atoms with E-state index >= 15 is 0 Å². The van der Waals surface area contributed by atoms with Gasteiger partial charge in [-0.05, 0) is 52.3 Å². The van der Waals surface area contributed by atoms with Crippen LogP contribution in [0.25, 0.3) is 0 Å². The second-order valence-corrected chi connectivity index (χ2v) is 5.53. The van der Waals surface area contributed by atoms with Gasteiger partial charge in [0.25, 0.3) is 5.91 Å². The first-order valence-electron chi connectivity index (χ1n) is 6.90. The zero-order valence-corrected chi connectivity index (χ0v) is 13.6. The molecule has 0 aliphatic heterocycles. The predicted molar refractivity (Wildman–Crippen MR) is 89.4 cm³/mol. The summed E-state index contributed by atoms with van der Waals surface area (Å²) in [5.41, 5.74) is 0.660. The molecule has 0 saturated carbocycles. The number of hydrogen-bond acceptors (Lipinski definition) is 4. The first kappa shape index (κ1) is 15.3. The van der Waals surface area contributed by atoms with Crippen LogP contribution in [0.15, 0.2) is 69.8 Å². The van der Waals surface area contributed by atoms with Gasteiger partial charge in [-0.15, -0.1) is 0 Å². The predicted octanol–water partition coefficient (Wildman–Crippen LogP) is 4.27. The minimum Gasteiger partial charge on any atom is -0.484 e. The molecule has 1 N–H and O–H groups in total. The summed E-state index contributed by atoms with van der Waals surface area (Å²) in [6.45, 7) is 0.241. The third-order valence-corrected chi connectivity index (χ3v) is 3.69. The van der Waals surface area contributed by atoms with Gasteiger partial charge in [-0.3, -0.25) is 9.78 Å². The number of pyridine rings is 1. The van der Waals surface area contributed by atoms with E-state index in [1.807, 2.05) is 24.3 Å². The number of para-hydroxylation sites is 1. The van der Waals surface area contributed by atoms with Gasteiger partial charge in [0, 0.05) is 18.1 Å². The summed E-state index contributed by atoms with van der Waals surface area (Å²) < 4.78 is 12.0. The molecule has 0 radical (unpaired) electrons. The second-order valence-electron chi connectivity index (χ2n) is 4.68. The molecule has 2 heterocycles. The Balaban J connectivity index is 1.62. The van der Waals surface area contributed by atoms with E-state index in [-0.39, 0.29) is 18.3 Å². The number of benzene rings is 1. The lowest BCUT2D eigenvalue weighted by molar-refractivity contribution is 0.0992. The number of halogens is 1. The largest absolute Gasteiger partial charge is 0.484 e. The zero-order valence-electron chi connectivity index (χ0n) is 12.0. The third-order valence-electron chi connectivity index (χ3n) is 3.03. The van der Waals surface area contributed by atoms with E-state index in [0.29, 0.717) is 17.2 Å². The molecule has 0 atom stereocenters. The van der Waals surface area contributed by atoms with Crippen molar-refractivity contribution in [3.05, 3.63) is 76.9 Å². The molecule has 3 rings (SSSR count). The van der Waals surface area contributed by atoms with Crippen LogP contribution in [0.3, 0.4) is 0 Å². The highest BCUT2D eigenvalue weighted by atomic mass is 79.9. The van der Waals surface area contributed by atoms with Crippen molar-refractivity contribution >= 4 is 27.5 Å². The topological polar surface area (TPSA) is 64.4 Å². The summed E-state index contributed by atoms with van der Waals surface area (Å²) in [4.78, 5) is 16.0. The van der Waals surface area contributed by atoms with E-state index in [9.17, 15) is 4.79 Å². The molecule has 0 aliphatic rings. The maximum Gasteiger partial charge on any atom is 0.291 e. The molecule has 0 aliphatic carbocycles. The molecule has 23 heavy (non-hydrogen) atoms. The van der Waals surface area contributed by atoms with Crippen LogP contribution in [-0.4, -0.2) is 10.9 Å². The summed E-state index contributed by atoms with van der Waals surface area (Å²) >= 11 is 3.41. The lowest BCUT2D eigenvalue weighted by atomic mass is 10.3. The number of amides is 1. The quantitative estimate of drug-likeness (QED) is 0.726. The molecule has 116 valence electrons. The van der Waals surface area contributed by atoms with Crippen molar-refractivity contribution in [2.45, 2.75) is 6.61 Å². The number of ether oxygens (including phenoxy) is 1. The van der Waals surface area contributed by atoms with E-state index in [4.69, 9.17) is 9.15 Å². The van der Waals surface area contributed by atoms with Crippen LogP contribution in [0.5, 0.6) is 5.75 Å². The molecule has 1 aromatic carbocycles. The Morgan fingerprint density at radius 1 is 1.13 bits per heavy atom. The average Bonchev–Trinajstić information content (AvgIpc) is 3.04. The van der Waals surface area contributed by atoms with Crippen molar-refractivity contribution in [2.75, 3.05) is 5.32 Å². The van der Waals surface area contributed by atoms with E-state index < -0.39 is 0 Å². The van der Waals surface area contributed by atoms with Gasteiger partial charge < -0.3 is 14.5 Å². The molecule has 0 bridgehead atoms. The normalized spacial score (nSPS) is 10.3. The summed E-state index contributed by atoms with van der Waals surface area (Å²) in [5.74, 6) is 1.20. The van der Waals surface area contributed by atoms with Crippen LogP contribution in [0.4, 0.5) is 5.69 Å². The molecular formula is C17H13BrN2O3. The molecule has 0 saturated heterocycles. The summed E-state index contributed by atoms with van der Waals surface area (Å²) in [7, 11) is 0. The number of rotatable bonds is 5. The first-order chi connectivity index (χ1) is 11.2. The smallest absolute Gasteiger partial charge is 0.291 e. The lowest BCUT2D eigenvalue weighted by Crippen LogP contribution is -2.10. The minimum absolute atomic E-state index is 0.229. The van der Waals surface area contributed by atoms with E-state index in [1.165, 1.54) is 0 Å². The molecule has 0 unspecified atom stereocenters. The molecule has 6 heteroatoms. The van der Waals surface area contributed by atoms with Crippen molar-refractivity contribution in [2.24, 2.45) is 0 Å². The van der Waals surface area contributed by atoms with Gasteiger partial charge in [0.2, 0.25) is 0 Å². The van der Waals surface area contributed by atoms with Crippen LogP contribution < -0.4 is 10.1 Å². The Kier molecular flexibility index (Phi) is 4.73. The fourth-order valence-corrected chi connectivity index (χ4v) is 2.32. The van der Waals surface area contributed by atoms with E-state index in [0.717, 1.165) is 4.47 Å². The second kappa shape index (κ2) is 7.11. The number of nitrogens with zero attached hydrogens (tertiary/aromatic N) is 1. The Labute approximate surface area is 141 Å². The molecular weight excluding hydrogens is 360 g/mol. The van der Waals surface area contributed by atoms with E-state index in [1.54, 1.807) is 36.7 Å². The van der Waals surface area contributed by atoms with Gasteiger partial charge in [-0.2, -0.15) is 0 Å². The monoisotopic (exact) mass is 372 g/mol. The van der Waals surface area contributed by atoms with Crippen molar-refractivity contribution in [3.8, 4) is 5.75 Å². The van der Waals surface area contributed by atoms with E-state index in [2.05, 4.69) is 26.2 Å². The summed E-state index contributed by atoms with van der Waals surface area (Å²) in [6, 6.07) is 14.3. The highest BCUT2D eigenvalue weighted by molar-refractivity contribution is 9.10. The molecule has 1 amide bonds. The number of anilines is 1. The maximum atomic E-state index is 12.1. The highest BCUT2D eigenvalue weighted by Gasteiger charge is 2.12. The number of carbonyl (C=O) groups excluding carboxylic acids is 1. The fourth-order valence-electron chi connectivity index (χ4n) is 1.92. The standard InChI is InChI=1S/C17H13BrN2O3/c18-14-3-1-2-4-15(14)22-11-13-5-6-16(23-13)17(21)20-12-7-9-19-10-8-12/h1-10H,11H2,(H,19,20,21). The summed E-state index contributed by atoms with van der Waals surface area (Å²) in [5, 5.41) is 2.73. The molecule has 0 spiro atoms. The average molecular weight is 373 g/mol. The van der Waals surface area contributed by atoms with Crippen molar-refractivity contribution < 1.29 is 13.9 Å². The minimum atomic E-state index is -0.316. The zero-order chi connectivity index (χ0) is 16.1. The van der Waals surface area contributed by atoms with Crippen LogP contribution in [0.1, 0.15) is 16.3 Å². The van der Waals surface area contributed by atoms with Gasteiger partial charge in [-0.1, -0.05) is 12.1 Å². The van der Waals surface area contributed by atoms with Crippen molar-refractivity contribution in [1.82, 2.24) is 4.98 Å². The number of hydrogen-bond donors (Lipinski definition) is 1. The molecule has 0 fully saturated rings. The van der Waals surface area contributed by atoms with Crippen molar-refractivity contribution in [1.29, 1.82) is 0 Å². The van der Waals surface area contributed by atoms with Gasteiger partial charge >= 0.3 is 0 Å². The van der Waals surface area contributed by atoms with Gasteiger partial charge in [0.05, 0.1) is 4.47 Å². The third kappa shape index (κ3) is 3.98. The Morgan fingerprint density at radius 3 is 2.70 bits per heavy atom. The lowest BCUT2D eigenvalue weighted by Gasteiger charge is -2.06. The van der Waals surface area contributed by atoms with Crippen LogP contribution in [0.2, 0.25) is 0 Å². The van der Waals surface area contributed by atoms with Gasteiger partial charge in [-0.25, -0.2) is 0 Å². The van der Waals surface area contributed by atoms with Crippen LogP contribution >= 0.6 is 15.9 Å². The maximum absolute atomic E-state index is 12.1. The van der Waals surface area contributed by atoms with Crippen LogP contribution in [-0.2, 0) is 6.61 Å². The number of furan rings is 1. The SMILES string of the molecule is O=C(Nc1ccncc1)c1ccc(COc2ccccc2Br)o1. The Hall–Kier alpha value is -2.60. The number of aromatic nitrogens is 1.